The predicted octanol–water partition coefficient (Wildman–Crippen LogP) is 0.700. The van der Waals surface area contributed by atoms with Crippen LogP contribution in [0, 0.1) is 0 Å². The van der Waals surface area contributed by atoms with E-state index in [0.29, 0.717) is 6.04 Å². The number of piperidine rings is 1. The first-order valence-corrected chi connectivity index (χ1v) is 5.03. The van der Waals surface area contributed by atoms with Crippen LogP contribution in [0.5, 0.6) is 0 Å². The number of nitrogens with zero attached hydrogens (tertiary/aromatic N) is 2. The molecule has 0 bridgehead atoms. The van der Waals surface area contributed by atoms with Crippen LogP contribution in [0.1, 0.15) is 33.1 Å². The second-order valence-electron chi connectivity index (χ2n) is 3.74. The summed E-state index contributed by atoms with van der Waals surface area (Å²) in [5, 5.41) is 0. The monoisotopic (exact) mass is 184 g/mol. The molecule has 1 aliphatic heterocycles. The van der Waals surface area contributed by atoms with Crippen molar-refractivity contribution in [2.75, 3.05) is 13.1 Å². The van der Waals surface area contributed by atoms with Crippen molar-refractivity contribution in [2.24, 2.45) is 10.8 Å². The molecule has 1 heterocycles. The normalized spacial score (nSPS) is 19.4. The first kappa shape index (κ1) is 10.3. The summed E-state index contributed by atoms with van der Waals surface area (Å²) in [6.07, 6.45) is 3.83. The molecular weight excluding hydrogens is 164 g/mol. The molecule has 0 aromatic carbocycles. The van der Waals surface area contributed by atoms with E-state index in [0.717, 1.165) is 19.0 Å². The highest BCUT2D eigenvalue weighted by Gasteiger charge is 2.13. The lowest BCUT2D eigenvalue weighted by Crippen LogP contribution is -2.47. The first-order valence-electron chi connectivity index (χ1n) is 5.03. The average Bonchev–Trinajstić information content (AvgIpc) is 2.15. The van der Waals surface area contributed by atoms with Gasteiger partial charge in [-0.2, -0.15) is 0 Å². The van der Waals surface area contributed by atoms with E-state index < -0.39 is 0 Å². The molecule has 1 aliphatic rings. The number of rotatable bonds is 1. The van der Waals surface area contributed by atoms with E-state index in [1.165, 1.54) is 19.3 Å². The molecule has 13 heavy (non-hydrogen) atoms. The fraction of sp³-hybridized carbons (Fsp3) is 0.889. The van der Waals surface area contributed by atoms with Gasteiger partial charge < -0.3 is 4.90 Å². The van der Waals surface area contributed by atoms with Gasteiger partial charge in [-0.1, -0.05) is 0 Å². The number of hydrazine groups is 1. The number of aliphatic imine (C=N–C) groups is 1. The minimum atomic E-state index is 0.299. The van der Waals surface area contributed by atoms with Crippen molar-refractivity contribution >= 4 is 5.96 Å². The van der Waals surface area contributed by atoms with Crippen LogP contribution in [0.2, 0.25) is 0 Å². The molecule has 1 fully saturated rings. The quantitative estimate of drug-likeness (QED) is 0.273. The SMILES string of the molecule is CC(C)N=C(NN)N1CCCCC1. The second-order valence-corrected chi connectivity index (χ2v) is 3.74. The van der Waals surface area contributed by atoms with Crippen molar-refractivity contribution in [1.82, 2.24) is 10.3 Å². The Kier molecular flexibility index (Phi) is 4.02. The van der Waals surface area contributed by atoms with Gasteiger partial charge in [-0.25, -0.2) is 10.8 Å². The van der Waals surface area contributed by atoms with Gasteiger partial charge in [0.25, 0.3) is 0 Å². The largest absolute Gasteiger partial charge is 0.342 e. The van der Waals surface area contributed by atoms with E-state index in [1.54, 1.807) is 0 Å². The lowest BCUT2D eigenvalue weighted by atomic mass is 10.1. The predicted molar refractivity (Wildman–Crippen MR) is 55.3 cm³/mol. The Labute approximate surface area is 80.2 Å². The molecule has 1 rings (SSSR count). The van der Waals surface area contributed by atoms with Crippen molar-refractivity contribution < 1.29 is 0 Å². The molecular formula is C9H20N4. The third-order valence-corrected chi connectivity index (χ3v) is 2.17. The van der Waals surface area contributed by atoms with E-state index in [-0.39, 0.29) is 0 Å². The van der Waals surface area contributed by atoms with E-state index in [2.05, 4.69) is 29.2 Å². The summed E-state index contributed by atoms with van der Waals surface area (Å²) in [5.74, 6) is 6.27. The summed E-state index contributed by atoms with van der Waals surface area (Å²) >= 11 is 0. The Morgan fingerprint density at radius 1 is 1.31 bits per heavy atom. The molecule has 0 amide bonds. The fourth-order valence-corrected chi connectivity index (χ4v) is 1.56. The Bertz CT molecular complexity index is 170. The maximum Gasteiger partial charge on any atom is 0.208 e. The van der Waals surface area contributed by atoms with Crippen molar-refractivity contribution in [3.63, 3.8) is 0 Å². The maximum atomic E-state index is 5.43. The van der Waals surface area contributed by atoms with Gasteiger partial charge in [0.15, 0.2) is 0 Å². The van der Waals surface area contributed by atoms with Crippen molar-refractivity contribution in [3.8, 4) is 0 Å². The van der Waals surface area contributed by atoms with E-state index in [1.807, 2.05) is 0 Å². The molecule has 0 atom stereocenters. The number of likely N-dealkylation sites (tertiary alicyclic amines) is 1. The van der Waals surface area contributed by atoms with Gasteiger partial charge in [-0.05, 0) is 33.1 Å². The molecule has 4 heteroatoms. The molecule has 1 saturated heterocycles. The number of hydrogen-bond acceptors (Lipinski definition) is 2. The molecule has 0 saturated carbocycles. The molecule has 0 radical (unpaired) electrons. The maximum absolute atomic E-state index is 5.43. The molecule has 0 aromatic rings. The van der Waals surface area contributed by atoms with Crippen LogP contribution in [0.4, 0.5) is 0 Å². The van der Waals surface area contributed by atoms with Crippen molar-refractivity contribution in [2.45, 2.75) is 39.2 Å². The lowest BCUT2D eigenvalue weighted by Gasteiger charge is -2.29. The highest BCUT2D eigenvalue weighted by Crippen LogP contribution is 2.08. The topological polar surface area (TPSA) is 53.6 Å². The summed E-state index contributed by atoms with van der Waals surface area (Å²) in [7, 11) is 0. The van der Waals surface area contributed by atoms with Crippen LogP contribution in [-0.4, -0.2) is 30.0 Å². The Hall–Kier alpha value is -0.770. The molecule has 0 aliphatic carbocycles. The summed E-state index contributed by atoms with van der Waals surface area (Å²) in [4.78, 5) is 6.65. The first-order chi connectivity index (χ1) is 6.24. The smallest absolute Gasteiger partial charge is 0.208 e. The van der Waals surface area contributed by atoms with Gasteiger partial charge in [0.05, 0.1) is 0 Å². The summed E-state index contributed by atoms with van der Waals surface area (Å²) in [6, 6.07) is 0.299. The van der Waals surface area contributed by atoms with Crippen LogP contribution in [-0.2, 0) is 0 Å². The van der Waals surface area contributed by atoms with Gasteiger partial charge in [0.2, 0.25) is 5.96 Å². The summed E-state index contributed by atoms with van der Waals surface area (Å²) < 4.78 is 0. The zero-order valence-corrected chi connectivity index (χ0v) is 8.58. The van der Waals surface area contributed by atoms with Crippen LogP contribution in [0.15, 0.2) is 4.99 Å². The minimum Gasteiger partial charge on any atom is -0.342 e. The average molecular weight is 184 g/mol. The van der Waals surface area contributed by atoms with Crippen LogP contribution in [0.25, 0.3) is 0 Å². The molecule has 3 N–H and O–H groups in total. The van der Waals surface area contributed by atoms with Crippen molar-refractivity contribution in [3.05, 3.63) is 0 Å². The number of guanidine groups is 1. The van der Waals surface area contributed by atoms with Gasteiger partial charge in [-0.15, -0.1) is 0 Å². The zero-order valence-electron chi connectivity index (χ0n) is 8.58. The Balaban J connectivity index is 2.53. The van der Waals surface area contributed by atoms with Crippen molar-refractivity contribution in [1.29, 1.82) is 0 Å². The third kappa shape index (κ3) is 3.22. The van der Waals surface area contributed by atoms with E-state index in [4.69, 9.17) is 5.84 Å². The Morgan fingerprint density at radius 2 is 1.92 bits per heavy atom. The third-order valence-electron chi connectivity index (χ3n) is 2.17. The Morgan fingerprint density at radius 3 is 2.38 bits per heavy atom. The van der Waals surface area contributed by atoms with Gasteiger partial charge >= 0.3 is 0 Å². The van der Waals surface area contributed by atoms with Crippen LogP contribution in [0.3, 0.4) is 0 Å². The van der Waals surface area contributed by atoms with E-state index >= 15 is 0 Å². The molecule has 4 nitrogen and oxygen atoms in total. The second kappa shape index (κ2) is 5.07. The van der Waals surface area contributed by atoms with Crippen LogP contribution < -0.4 is 11.3 Å². The van der Waals surface area contributed by atoms with Gasteiger partial charge in [0, 0.05) is 19.1 Å². The van der Waals surface area contributed by atoms with Gasteiger partial charge in [0.1, 0.15) is 0 Å². The highest BCUT2D eigenvalue weighted by molar-refractivity contribution is 5.79. The molecule has 0 spiro atoms. The van der Waals surface area contributed by atoms with Gasteiger partial charge in [-0.3, -0.25) is 5.43 Å². The summed E-state index contributed by atoms with van der Waals surface area (Å²) in [5.41, 5.74) is 2.68. The number of hydrogen-bond donors (Lipinski definition) is 2. The fourth-order valence-electron chi connectivity index (χ4n) is 1.56. The number of nitrogens with one attached hydrogen (secondary N) is 1. The molecule has 0 aromatic heterocycles. The standard InChI is InChI=1S/C9H20N4/c1-8(2)11-9(12-10)13-6-4-3-5-7-13/h8H,3-7,10H2,1-2H3,(H,11,12). The highest BCUT2D eigenvalue weighted by atomic mass is 15.4. The molecule has 0 unspecified atom stereocenters. The zero-order chi connectivity index (χ0) is 9.68. The van der Waals surface area contributed by atoms with Crippen LogP contribution >= 0.6 is 0 Å². The lowest BCUT2D eigenvalue weighted by molar-refractivity contribution is 0.330. The minimum absolute atomic E-state index is 0.299. The number of nitrogens with two attached hydrogens (primary N) is 1. The summed E-state index contributed by atoms with van der Waals surface area (Å²) in [6.45, 7) is 6.27. The molecule has 76 valence electrons. The van der Waals surface area contributed by atoms with E-state index in [9.17, 15) is 0 Å².